The van der Waals surface area contributed by atoms with Gasteiger partial charge >= 0.3 is 5.97 Å². The molecule has 0 atom stereocenters. The summed E-state index contributed by atoms with van der Waals surface area (Å²) in [5.41, 5.74) is 0.738. The van der Waals surface area contributed by atoms with Gasteiger partial charge in [-0.1, -0.05) is 6.07 Å². The number of benzene rings is 1. The van der Waals surface area contributed by atoms with Crippen LogP contribution < -0.4 is 14.8 Å². The number of nitrogens with one attached hydrogen (secondary N) is 1. The van der Waals surface area contributed by atoms with Gasteiger partial charge in [-0.3, -0.25) is 14.4 Å². The van der Waals surface area contributed by atoms with E-state index in [-0.39, 0.29) is 37.5 Å². The van der Waals surface area contributed by atoms with Crippen LogP contribution in [0.2, 0.25) is 0 Å². The molecule has 23 heavy (non-hydrogen) atoms. The Balaban J connectivity index is 2.45. The summed E-state index contributed by atoms with van der Waals surface area (Å²) in [6.45, 7) is -0.108. The molecule has 0 saturated heterocycles. The summed E-state index contributed by atoms with van der Waals surface area (Å²) in [6, 6.07) is 5.17. The van der Waals surface area contributed by atoms with Gasteiger partial charge in [-0.05, 0) is 17.7 Å². The maximum Gasteiger partial charge on any atom is 0.305 e. The molecule has 0 heterocycles. The molecule has 0 radical (unpaired) electrons. The molecule has 1 aromatic rings. The molecule has 0 aliphatic rings. The van der Waals surface area contributed by atoms with Gasteiger partial charge in [-0.25, -0.2) is 0 Å². The molecule has 0 aliphatic heterocycles. The number of esters is 1. The normalized spacial score (nSPS) is 9.87. The number of hydrogen-bond acceptors (Lipinski definition) is 6. The maximum absolute atomic E-state index is 11.8. The molecule has 0 saturated carbocycles. The van der Waals surface area contributed by atoms with Gasteiger partial charge in [0, 0.05) is 6.42 Å². The molecular weight excluding hydrogens is 302 g/mol. The van der Waals surface area contributed by atoms with Crippen LogP contribution in [-0.2, 0) is 25.5 Å². The van der Waals surface area contributed by atoms with Crippen LogP contribution in [0, 0.1) is 0 Å². The highest BCUT2D eigenvalue weighted by Crippen LogP contribution is 2.27. The van der Waals surface area contributed by atoms with Crippen LogP contribution in [-0.4, -0.2) is 45.5 Å². The van der Waals surface area contributed by atoms with Gasteiger partial charge in [-0.15, -0.1) is 0 Å². The maximum atomic E-state index is 11.8. The van der Waals surface area contributed by atoms with E-state index in [4.69, 9.17) is 9.47 Å². The number of amides is 1. The average molecular weight is 323 g/mol. The quantitative estimate of drug-likeness (QED) is 0.679. The summed E-state index contributed by atoms with van der Waals surface area (Å²) in [7, 11) is 4.31. The van der Waals surface area contributed by atoms with Crippen LogP contribution in [0.15, 0.2) is 18.2 Å². The lowest BCUT2D eigenvalue weighted by Gasteiger charge is -2.09. The third-order valence-electron chi connectivity index (χ3n) is 3.13. The molecule has 126 valence electrons. The third-order valence-corrected chi connectivity index (χ3v) is 3.13. The van der Waals surface area contributed by atoms with Gasteiger partial charge < -0.3 is 19.5 Å². The van der Waals surface area contributed by atoms with E-state index in [2.05, 4.69) is 10.1 Å². The fourth-order valence-corrected chi connectivity index (χ4v) is 1.87. The topological polar surface area (TPSA) is 90.9 Å². The number of hydrogen-bond donors (Lipinski definition) is 1. The summed E-state index contributed by atoms with van der Waals surface area (Å²) in [4.78, 5) is 34.3. The molecule has 0 fully saturated rings. The van der Waals surface area contributed by atoms with Crippen molar-refractivity contribution in [3.05, 3.63) is 23.8 Å². The van der Waals surface area contributed by atoms with Gasteiger partial charge in [0.15, 0.2) is 17.3 Å². The van der Waals surface area contributed by atoms with Crippen LogP contribution >= 0.6 is 0 Å². The molecule has 1 aromatic carbocycles. The highest BCUT2D eigenvalue weighted by Gasteiger charge is 2.11. The van der Waals surface area contributed by atoms with E-state index in [0.717, 1.165) is 5.56 Å². The number of carbonyl (C=O) groups is 3. The lowest BCUT2D eigenvalue weighted by Crippen LogP contribution is -2.30. The van der Waals surface area contributed by atoms with Crippen LogP contribution in [0.5, 0.6) is 11.5 Å². The lowest BCUT2D eigenvalue weighted by molar-refractivity contribution is -0.141. The summed E-state index contributed by atoms with van der Waals surface area (Å²) in [5, 5.41) is 2.53. The highest BCUT2D eigenvalue weighted by molar-refractivity contribution is 5.88. The predicted molar refractivity (Wildman–Crippen MR) is 82.5 cm³/mol. The largest absolute Gasteiger partial charge is 0.493 e. The number of methoxy groups -OCH3 is 3. The Morgan fingerprint density at radius 2 is 1.70 bits per heavy atom. The van der Waals surface area contributed by atoms with Crippen molar-refractivity contribution in [1.29, 1.82) is 0 Å². The van der Waals surface area contributed by atoms with Gasteiger partial charge in [-0.2, -0.15) is 0 Å². The van der Waals surface area contributed by atoms with Crippen LogP contribution in [0.25, 0.3) is 0 Å². The van der Waals surface area contributed by atoms with E-state index in [1.54, 1.807) is 18.2 Å². The highest BCUT2D eigenvalue weighted by atomic mass is 16.5. The first-order chi connectivity index (χ1) is 11.0. The minimum atomic E-state index is -0.449. The predicted octanol–water partition coefficient (Wildman–Crippen LogP) is 0.885. The molecule has 7 nitrogen and oxygen atoms in total. The van der Waals surface area contributed by atoms with Crippen molar-refractivity contribution in [1.82, 2.24) is 5.32 Å². The van der Waals surface area contributed by atoms with Crippen LogP contribution in [0.1, 0.15) is 18.4 Å². The smallest absolute Gasteiger partial charge is 0.305 e. The molecule has 0 unspecified atom stereocenters. The van der Waals surface area contributed by atoms with E-state index in [9.17, 15) is 14.4 Å². The van der Waals surface area contributed by atoms with Crippen molar-refractivity contribution in [2.45, 2.75) is 19.3 Å². The summed E-state index contributed by atoms with van der Waals surface area (Å²) in [6.07, 6.45) is 0.175. The summed E-state index contributed by atoms with van der Waals surface area (Å²) < 4.78 is 14.7. The molecular formula is C16H21NO6. The van der Waals surface area contributed by atoms with Gasteiger partial charge in [0.2, 0.25) is 5.91 Å². The zero-order valence-electron chi connectivity index (χ0n) is 13.5. The van der Waals surface area contributed by atoms with E-state index in [1.807, 2.05) is 0 Å². The first kappa shape index (κ1) is 18.5. The standard InChI is InChI=1S/C16H21NO6/c1-21-13-6-4-11(8-14(13)22-2)9-15(19)17-10-12(18)5-7-16(20)23-3/h4,6,8H,5,7,9-10H2,1-3H3,(H,17,19). The average Bonchev–Trinajstić information content (AvgIpc) is 2.57. The van der Waals surface area contributed by atoms with Crippen LogP contribution in [0.4, 0.5) is 0 Å². The van der Waals surface area contributed by atoms with E-state index in [1.165, 1.54) is 21.3 Å². The molecule has 1 N–H and O–H groups in total. The Kier molecular flexibility index (Phi) is 7.59. The van der Waals surface area contributed by atoms with Crippen molar-refractivity contribution in [2.24, 2.45) is 0 Å². The first-order valence-electron chi connectivity index (χ1n) is 7.06. The summed E-state index contributed by atoms with van der Waals surface area (Å²) in [5.74, 6) is 0.149. The third kappa shape index (κ3) is 6.37. The number of rotatable bonds is 9. The van der Waals surface area contributed by atoms with E-state index >= 15 is 0 Å². The van der Waals surface area contributed by atoms with E-state index < -0.39 is 5.97 Å². The van der Waals surface area contributed by atoms with Crippen molar-refractivity contribution in [2.75, 3.05) is 27.9 Å². The number of ketones is 1. The summed E-state index contributed by atoms with van der Waals surface area (Å²) >= 11 is 0. The van der Waals surface area contributed by atoms with Gasteiger partial charge in [0.1, 0.15) is 0 Å². The van der Waals surface area contributed by atoms with Crippen molar-refractivity contribution in [3.8, 4) is 11.5 Å². The van der Waals surface area contributed by atoms with Gasteiger partial charge in [0.25, 0.3) is 0 Å². The molecule has 1 amide bonds. The molecule has 0 spiro atoms. The molecule has 0 bridgehead atoms. The second kappa shape index (κ2) is 9.45. The van der Waals surface area contributed by atoms with Crippen molar-refractivity contribution < 1.29 is 28.6 Å². The number of ether oxygens (including phenoxy) is 3. The second-order valence-electron chi connectivity index (χ2n) is 4.76. The molecule has 1 rings (SSSR count). The Morgan fingerprint density at radius 3 is 2.30 bits per heavy atom. The number of Topliss-reactive ketones (excluding diaryl/α,β-unsaturated/α-hetero) is 1. The molecule has 0 aliphatic carbocycles. The molecule has 7 heteroatoms. The lowest BCUT2D eigenvalue weighted by atomic mass is 10.1. The zero-order chi connectivity index (χ0) is 17.2. The second-order valence-corrected chi connectivity index (χ2v) is 4.76. The Morgan fingerprint density at radius 1 is 1.00 bits per heavy atom. The number of carbonyl (C=O) groups excluding carboxylic acids is 3. The SMILES string of the molecule is COC(=O)CCC(=O)CNC(=O)Cc1ccc(OC)c(OC)c1. The fraction of sp³-hybridized carbons (Fsp3) is 0.438. The molecule has 0 aromatic heterocycles. The van der Waals surface area contributed by atoms with Crippen molar-refractivity contribution >= 4 is 17.7 Å². The van der Waals surface area contributed by atoms with E-state index in [0.29, 0.717) is 11.5 Å². The zero-order valence-corrected chi connectivity index (χ0v) is 13.5. The minimum absolute atomic E-state index is 0.0148. The fourth-order valence-electron chi connectivity index (χ4n) is 1.87. The Hall–Kier alpha value is -2.57. The monoisotopic (exact) mass is 323 g/mol. The minimum Gasteiger partial charge on any atom is -0.493 e. The Labute approximate surface area is 134 Å². The van der Waals surface area contributed by atoms with Gasteiger partial charge in [0.05, 0.1) is 40.7 Å². The Bertz CT molecular complexity index is 570. The first-order valence-corrected chi connectivity index (χ1v) is 7.06. The van der Waals surface area contributed by atoms with Crippen molar-refractivity contribution in [3.63, 3.8) is 0 Å². The van der Waals surface area contributed by atoms with Crippen LogP contribution in [0.3, 0.4) is 0 Å².